The number of hydrogen-bond donors (Lipinski definition) is 2. The lowest BCUT2D eigenvalue weighted by molar-refractivity contribution is 0.103. The van der Waals surface area contributed by atoms with Crippen LogP contribution in [0.25, 0.3) is 0 Å². The van der Waals surface area contributed by atoms with Gasteiger partial charge in [0.1, 0.15) is 0 Å². The Labute approximate surface area is 119 Å². The maximum atomic E-state index is 12.0. The molecule has 0 aliphatic carbocycles. The van der Waals surface area contributed by atoms with Crippen LogP contribution < -0.4 is 10.0 Å². The Morgan fingerprint density at radius 2 is 2.11 bits per heavy atom. The third-order valence-electron chi connectivity index (χ3n) is 2.32. The average molecular weight is 292 g/mol. The van der Waals surface area contributed by atoms with E-state index >= 15 is 0 Å². The fraction of sp³-hybridized carbons (Fsp3) is 0.0769. The van der Waals surface area contributed by atoms with Crippen molar-refractivity contribution in [3.05, 3.63) is 46.2 Å². The lowest BCUT2D eigenvalue weighted by Crippen LogP contribution is -2.10. The zero-order valence-corrected chi connectivity index (χ0v) is 11.8. The quantitative estimate of drug-likeness (QED) is 0.654. The SMILES string of the molecule is CSNc1cccc(NC(=O)c2cc(C=O)cs2)c1. The van der Waals surface area contributed by atoms with Crippen LogP contribution in [0, 0.1) is 0 Å². The molecule has 1 aromatic carbocycles. The molecule has 19 heavy (non-hydrogen) atoms. The van der Waals surface area contributed by atoms with Crippen LogP contribution in [0.2, 0.25) is 0 Å². The second-order valence-electron chi connectivity index (χ2n) is 3.70. The summed E-state index contributed by atoms with van der Waals surface area (Å²) < 4.78 is 3.10. The van der Waals surface area contributed by atoms with Crippen molar-refractivity contribution < 1.29 is 9.59 Å². The smallest absolute Gasteiger partial charge is 0.265 e. The van der Waals surface area contributed by atoms with Crippen LogP contribution >= 0.6 is 23.3 Å². The van der Waals surface area contributed by atoms with Crippen LogP contribution in [0.5, 0.6) is 0 Å². The first-order valence-electron chi connectivity index (χ1n) is 5.47. The number of carbonyl (C=O) groups is 2. The maximum absolute atomic E-state index is 12.0. The highest BCUT2D eigenvalue weighted by Gasteiger charge is 2.09. The summed E-state index contributed by atoms with van der Waals surface area (Å²) in [5.74, 6) is -0.209. The van der Waals surface area contributed by atoms with Crippen LogP contribution in [0.3, 0.4) is 0 Å². The lowest BCUT2D eigenvalue weighted by Gasteiger charge is -2.06. The molecule has 2 aromatic rings. The molecule has 0 radical (unpaired) electrons. The second kappa shape index (κ2) is 6.40. The minimum absolute atomic E-state index is 0.209. The van der Waals surface area contributed by atoms with E-state index in [-0.39, 0.29) is 5.91 Å². The number of amides is 1. The minimum atomic E-state index is -0.209. The Morgan fingerprint density at radius 3 is 2.79 bits per heavy atom. The van der Waals surface area contributed by atoms with Gasteiger partial charge in [-0.05, 0) is 24.3 Å². The fourth-order valence-corrected chi connectivity index (χ4v) is 2.61. The van der Waals surface area contributed by atoms with E-state index < -0.39 is 0 Å². The molecule has 0 aliphatic heterocycles. The Bertz CT molecular complexity index is 596. The number of benzene rings is 1. The molecule has 1 amide bonds. The molecule has 0 fully saturated rings. The van der Waals surface area contributed by atoms with E-state index in [1.54, 1.807) is 11.4 Å². The summed E-state index contributed by atoms with van der Waals surface area (Å²) in [6, 6.07) is 9.03. The molecule has 0 saturated heterocycles. The zero-order valence-electron chi connectivity index (χ0n) is 10.2. The fourth-order valence-electron chi connectivity index (χ4n) is 1.50. The van der Waals surface area contributed by atoms with Gasteiger partial charge in [0.05, 0.1) is 4.88 Å². The summed E-state index contributed by atoms with van der Waals surface area (Å²) in [6.45, 7) is 0. The molecule has 6 heteroatoms. The molecular formula is C13H12N2O2S2. The van der Waals surface area contributed by atoms with Crippen molar-refractivity contribution in [2.75, 3.05) is 16.3 Å². The summed E-state index contributed by atoms with van der Waals surface area (Å²) in [5, 5.41) is 4.46. The normalized spacial score (nSPS) is 9.95. The van der Waals surface area contributed by atoms with Gasteiger partial charge in [0.25, 0.3) is 5.91 Å². The average Bonchev–Trinajstić information content (AvgIpc) is 2.88. The van der Waals surface area contributed by atoms with Crippen LogP contribution in [0.1, 0.15) is 20.0 Å². The molecule has 4 nitrogen and oxygen atoms in total. The molecule has 0 spiro atoms. The van der Waals surface area contributed by atoms with Crippen LogP contribution in [-0.2, 0) is 0 Å². The van der Waals surface area contributed by atoms with Gasteiger partial charge in [-0.1, -0.05) is 18.0 Å². The van der Waals surface area contributed by atoms with Crippen molar-refractivity contribution in [1.29, 1.82) is 0 Å². The van der Waals surface area contributed by atoms with Crippen LogP contribution in [0.4, 0.5) is 11.4 Å². The van der Waals surface area contributed by atoms with Gasteiger partial charge in [0, 0.05) is 28.6 Å². The molecule has 0 saturated carbocycles. The van der Waals surface area contributed by atoms with E-state index in [9.17, 15) is 9.59 Å². The van der Waals surface area contributed by atoms with E-state index in [0.29, 0.717) is 16.1 Å². The van der Waals surface area contributed by atoms with E-state index in [2.05, 4.69) is 10.0 Å². The largest absolute Gasteiger partial charge is 0.330 e. The van der Waals surface area contributed by atoms with Crippen molar-refractivity contribution in [1.82, 2.24) is 0 Å². The first-order valence-corrected chi connectivity index (χ1v) is 7.57. The highest BCUT2D eigenvalue weighted by Crippen LogP contribution is 2.19. The number of anilines is 2. The Balaban J connectivity index is 2.09. The van der Waals surface area contributed by atoms with Crippen molar-refractivity contribution in [3.63, 3.8) is 0 Å². The minimum Gasteiger partial charge on any atom is -0.330 e. The van der Waals surface area contributed by atoms with E-state index in [1.807, 2.05) is 30.5 Å². The molecular weight excluding hydrogens is 280 g/mol. The van der Waals surface area contributed by atoms with Crippen LogP contribution in [-0.4, -0.2) is 18.4 Å². The molecule has 1 aromatic heterocycles. The second-order valence-corrected chi connectivity index (χ2v) is 5.23. The summed E-state index contributed by atoms with van der Waals surface area (Å²) in [5.41, 5.74) is 2.16. The summed E-state index contributed by atoms with van der Waals surface area (Å²) >= 11 is 2.74. The molecule has 98 valence electrons. The van der Waals surface area contributed by atoms with Crippen molar-refractivity contribution in [3.8, 4) is 0 Å². The Kier molecular flexibility index (Phi) is 4.59. The summed E-state index contributed by atoms with van der Waals surface area (Å²) in [7, 11) is 0. The third-order valence-corrected chi connectivity index (χ3v) is 3.71. The van der Waals surface area contributed by atoms with Gasteiger partial charge in [-0.3, -0.25) is 9.59 Å². The van der Waals surface area contributed by atoms with Crippen molar-refractivity contribution in [2.45, 2.75) is 0 Å². The lowest BCUT2D eigenvalue weighted by atomic mass is 10.2. The van der Waals surface area contributed by atoms with Gasteiger partial charge in [0.15, 0.2) is 6.29 Å². The number of carbonyl (C=O) groups excluding carboxylic acids is 2. The number of nitrogens with one attached hydrogen (secondary N) is 2. The van der Waals surface area contributed by atoms with Gasteiger partial charge in [0.2, 0.25) is 0 Å². The molecule has 0 atom stereocenters. The van der Waals surface area contributed by atoms with Gasteiger partial charge >= 0.3 is 0 Å². The van der Waals surface area contributed by atoms with Crippen molar-refractivity contribution in [2.24, 2.45) is 0 Å². The standard InChI is InChI=1S/C13H12N2O2S2/c1-18-15-11-4-2-3-10(6-11)14-13(17)12-5-9(7-16)8-19-12/h2-8,15H,1H3,(H,14,17). The topological polar surface area (TPSA) is 58.2 Å². The summed E-state index contributed by atoms with van der Waals surface area (Å²) in [6.07, 6.45) is 2.66. The monoisotopic (exact) mass is 292 g/mol. The molecule has 0 unspecified atom stereocenters. The molecule has 2 rings (SSSR count). The molecule has 2 N–H and O–H groups in total. The van der Waals surface area contributed by atoms with Gasteiger partial charge in [-0.25, -0.2) is 0 Å². The predicted octanol–water partition coefficient (Wildman–Crippen LogP) is 3.50. The number of rotatable bonds is 5. The van der Waals surface area contributed by atoms with E-state index in [4.69, 9.17) is 0 Å². The van der Waals surface area contributed by atoms with Gasteiger partial charge in [-0.2, -0.15) is 0 Å². The molecule has 0 bridgehead atoms. The predicted molar refractivity (Wildman–Crippen MR) is 81.2 cm³/mol. The number of hydrogen-bond acceptors (Lipinski definition) is 5. The Hall–Kier alpha value is -1.79. The maximum Gasteiger partial charge on any atom is 0.265 e. The number of thiophene rings is 1. The van der Waals surface area contributed by atoms with Gasteiger partial charge in [-0.15, -0.1) is 11.3 Å². The zero-order chi connectivity index (χ0) is 13.7. The number of aldehydes is 1. The molecule has 0 aliphatic rings. The molecule has 1 heterocycles. The third kappa shape index (κ3) is 3.59. The van der Waals surface area contributed by atoms with Gasteiger partial charge < -0.3 is 10.0 Å². The first kappa shape index (κ1) is 13.6. The highest BCUT2D eigenvalue weighted by molar-refractivity contribution is 7.99. The van der Waals surface area contributed by atoms with E-state index in [1.165, 1.54) is 23.3 Å². The van der Waals surface area contributed by atoms with Crippen molar-refractivity contribution >= 4 is 46.9 Å². The summed E-state index contributed by atoms with van der Waals surface area (Å²) in [4.78, 5) is 23.1. The van der Waals surface area contributed by atoms with Crippen LogP contribution in [0.15, 0.2) is 35.7 Å². The first-order chi connectivity index (χ1) is 9.22. The highest BCUT2D eigenvalue weighted by atomic mass is 32.2. The Morgan fingerprint density at radius 1 is 1.32 bits per heavy atom. The van der Waals surface area contributed by atoms with E-state index in [0.717, 1.165) is 12.0 Å².